The summed E-state index contributed by atoms with van der Waals surface area (Å²) in [5.41, 5.74) is 0.444. The fourth-order valence-electron chi connectivity index (χ4n) is 0.340. The van der Waals surface area contributed by atoms with E-state index in [-0.39, 0.29) is 10.6 Å². The molecule has 0 spiro atoms. The summed E-state index contributed by atoms with van der Waals surface area (Å²) in [4.78, 5) is 10.8. The SMILES string of the molecule is Pc1nc(Cl)nc(Cl)n1. The second-order valence-corrected chi connectivity index (χ2v) is 2.42. The van der Waals surface area contributed by atoms with Gasteiger partial charge in [0.05, 0.1) is 0 Å². The predicted molar refractivity (Wildman–Crippen MR) is 39.2 cm³/mol. The second kappa shape index (κ2) is 2.74. The van der Waals surface area contributed by atoms with E-state index < -0.39 is 0 Å². The maximum atomic E-state index is 5.39. The molecule has 0 aliphatic heterocycles. The summed E-state index contributed by atoms with van der Waals surface area (Å²) in [6, 6.07) is 0. The summed E-state index contributed by atoms with van der Waals surface area (Å²) in [5.74, 6) is 0. The molecule has 0 radical (unpaired) electrons. The Morgan fingerprint density at radius 1 is 1.00 bits per heavy atom. The van der Waals surface area contributed by atoms with Crippen LogP contribution in [0.4, 0.5) is 0 Å². The molecular formula is C3H2Cl2N3P. The van der Waals surface area contributed by atoms with E-state index in [0.717, 1.165) is 0 Å². The molecule has 6 heteroatoms. The summed E-state index contributed by atoms with van der Waals surface area (Å²) in [7, 11) is 2.27. The zero-order valence-electron chi connectivity index (χ0n) is 4.17. The van der Waals surface area contributed by atoms with Crippen molar-refractivity contribution in [1.29, 1.82) is 0 Å². The molecule has 1 aromatic heterocycles. The van der Waals surface area contributed by atoms with E-state index in [1.165, 1.54) is 0 Å². The molecule has 9 heavy (non-hydrogen) atoms. The maximum absolute atomic E-state index is 5.39. The number of rotatable bonds is 0. The van der Waals surface area contributed by atoms with Gasteiger partial charge in [-0.1, -0.05) is 9.24 Å². The van der Waals surface area contributed by atoms with Crippen molar-refractivity contribution in [3.63, 3.8) is 0 Å². The van der Waals surface area contributed by atoms with Crippen molar-refractivity contribution in [3.05, 3.63) is 10.6 Å². The lowest BCUT2D eigenvalue weighted by Gasteiger charge is -1.90. The molecule has 0 aliphatic rings. The van der Waals surface area contributed by atoms with E-state index >= 15 is 0 Å². The molecule has 0 aromatic carbocycles. The Labute approximate surface area is 64.0 Å². The van der Waals surface area contributed by atoms with Gasteiger partial charge in [-0.2, -0.15) is 15.0 Å². The average molecular weight is 182 g/mol. The van der Waals surface area contributed by atoms with Gasteiger partial charge in [-0.3, -0.25) is 0 Å². The zero-order chi connectivity index (χ0) is 6.85. The fourth-order valence-corrected chi connectivity index (χ4v) is 1.12. The third-order valence-electron chi connectivity index (χ3n) is 0.598. The van der Waals surface area contributed by atoms with E-state index in [2.05, 4.69) is 24.2 Å². The summed E-state index contributed by atoms with van der Waals surface area (Å²) < 4.78 is 0. The Morgan fingerprint density at radius 2 is 1.44 bits per heavy atom. The first kappa shape index (κ1) is 7.13. The summed E-state index contributed by atoms with van der Waals surface area (Å²) >= 11 is 10.8. The molecule has 1 atom stereocenters. The van der Waals surface area contributed by atoms with Gasteiger partial charge in [0.2, 0.25) is 10.6 Å². The minimum Gasteiger partial charge on any atom is -0.199 e. The highest BCUT2D eigenvalue weighted by Crippen LogP contribution is 2.01. The van der Waals surface area contributed by atoms with Crippen molar-refractivity contribution in [3.8, 4) is 0 Å². The van der Waals surface area contributed by atoms with Crippen LogP contribution in [-0.2, 0) is 0 Å². The smallest absolute Gasteiger partial charge is 0.199 e. The number of hydrogen-bond donors (Lipinski definition) is 0. The second-order valence-electron chi connectivity index (χ2n) is 1.23. The van der Waals surface area contributed by atoms with Gasteiger partial charge in [-0.15, -0.1) is 0 Å². The number of aromatic nitrogens is 3. The van der Waals surface area contributed by atoms with E-state index in [1.807, 2.05) is 0 Å². The first-order valence-electron chi connectivity index (χ1n) is 2.01. The molecule has 48 valence electrons. The van der Waals surface area contributed by atoms with Gasteiger partial charge >= 0.3 is 0 Å². The van der Waals surface area contributed by atoms with Gasteiger partial charge in [0.25, 0.3) is 0 Å². The number of nitrogens with zero attached hydrogens (tertiary/aromatic N) is 3. The van der Waals surface area contributed by atoms with E-state index in [0.29, 0.717) is 5.57 Å². The number of hydrogen-bond acceptors (Lipinski definition) is 3. The molecule has 3 nitrogen and oxygen atoms in total. The van der Waals surface area contributed by atoms with Crippen LogP contribution < -0.4 is 5.57 Å². The lowest BCUT2D eigenvalue weighted by Crippen LogP contribution is -2.05. The van der Waals surface area contributed by atoms with E-state index in [1.54, 1.807) is 0 Å². The van der Waals surface area contributed by atoms with Crippen LogP contribution in [0.5, 0.6) is 0 Å². The van der Waals surface area contributed by atoms with Crippen LogP contribution in [0.1, 0.15) is 0 Å². The van der Waals surface area contributed by atoms with Crippen molar-refractivity contribution >= 4 is 38.0 Å². The standard InChI is InChI=1S/C3H2Cl2N3P/c4-1-6-2(5)8-3(9)7-1/h9H2. The lowest BCUT2D eigenvalue weighted by atomic mass is 11.1. The molecule has 1 aromatic rings. The first-order chi connectivity index (χ1) is 4.18. The van der Waals surface area contributed by atoms with Crippen LogP contribution >= 0.6 is 32.4 Å². The molecule has 0 saturated heterocycles. The topological polar surface area (TPSA) is 38.7 Å². The first-order valence-corrected chi connectivity index (χ1v) is 3.34. The van der Waals surface area contributed by atoms with Crippen LogP contribution in [0.2, 0.25) is 10.6 Å². The Bertz CT molecular complexity index is 178. The Hall–Kier alpha value is 0.0200. The fraction of sp³-hybridized carbons (Fsp3) is 0. The zero-order valence-corrected chi connectivity index (χ0v) is 6.84. The lowest BCUT2D eigenvalue weighted by molar-refractivity contribution is 1.09. The van der Waals surface area contributed by atoms with Crippen molar-refractivity contribution < 1.29 is 0 Å². The van der Waals surface area contributed by atoms with Crippen molar-refractivity contribution in [2.75, 3.05) is 0 Å². The maximum Gasteiger partial charge on any atom is 0.227 e. The van der Waals surface area contributed by atoms with E-state index in [9.17, 15) is 0 Å². The van der Waals surface area contributed by atoms with Gasteiger partial charge < -0.3 is 0 Å². The van der Waals surface area contributed by atoms with Gasteiger partial charge in [-0.25, -0.2) is 0 Å². The molecule has 0 fully saturated rings. The van der Waals surface area contributed by atoms with Crippen molar-refractivity contribution in [1.82, 2.24) is 15.0 Å². The highest BCUT2D eigenvalue weighted by atomic mass is 35.5. The quantitative estimate of drug-likeness (QED) is 0.553. The number of halogens is 2. The van der Waals surface area contributed by atoms with Gasteiger partial charge in [-0.05, 0) is 23.2 Å². The molecule has 1 rings (SSSR count). The van der Waals surface area contributed by atoms with E-state index in [4.69, 9.17) is 23.2 Å². The van der Waals surface area contributed by atoms with Crippen molar-refractivity contribution in [2.45, 2.75) is 0 Å². The third-order valence-corrected chi connectivity index (χ3v) is 1.19. The molecule has 0 N–H and O–H groups in total. The van der Waals surface area contributed by atoms with Gasteiger partial charge in [0.1, 0.15) is 0 Å². The van der Waals surface area contributed by atoms with Crippen LogP contribution in [-0.4, -0.2) is 15.0 Å². The van der Waals surface area contributed by atoms with Crippen molar-refractivity contribution in [2.24, 2.45) is 0 Å². The largest absolute Gasteiger partial charge is 0.227 e. The molecular weight excluding hydrogens is 180 g/mol. The van der Waals surface area contributed by atoms with Crippen LogP contribution in [0.3, 0.4) is 0 Å². The highest BCUT2D eigenvalue weighted by Gasteiger charge is 1.95. The molecule has 1 heterocycles. The average Bonchev–Trinajstić information content (AvgIpc) is 1.59. The van der Waals surface area contributed by atoms with Crippen LogP contribution in [0.25, 0.3) is 0 Å². The Kier molecular flexibility index (Phi) is 2.17. The van der Waals surface area contributed by atoms with Crippen LogP contribution in [0, 0.1) is 0 Å². The summed E-state index contributed by atoms with van der Waals surface area (Å²) in [6.07, 6.45) is 0. The predicted octanol–water partition coefficient (Wildman–Crippen LogP) is 0.679. The molecule has 0 saturated carbocycles. The van der Waals surface area contributed by atoms with Gasteiger partial charge in [0, 0.05) is 0 Å². The molecule has 0 bridgehead atoms. The minimum absolute atomic E-state index is 0.111. The normalized spacial score (nSPS) is 9.67. The Morgan fingerprint density at radius 3 is 1.78 bits per heavy atom. The molecule has 0 aliphatic carbocycles. The summed E-state index contributed by atoms with van der Waals surface area (Å²) in [5, 5.41) is 0.222. The Balaban J connectivity index is 3.17. The summed E-state index contributed by atoms with van der Waals surface area (Å²) in [6.45, 7) is 0. The monoisotopic (exact) mass is 181 g/mol. The third kappa shape index (κ3) is 2.01. The molecule has 0 amide bonds. The highest BCUT2D eigenvalue weighted by molar-refractivity contribution is 7.26. The van der Waals surface area contributed by atoms with Gasteiger partial charge in [0.15, 0.2) is 5.57 Å². The molecule has 1 unspecified atom stereocenters. The minimum atomic E-state index is 0.111. The van der Waals surface area contributed by atoms with Crippen LogP contribution in [0.15, 0.2) is 0 Å².